The van der Waals surface area contributed by atoms with Crippen molar-refractivity contribution in [3.05, 3.63) is 0 Å². The molecule has 0 aliphatic heterocycles. The van der Waals surface area contributed by atoms with Gasteiger partial charge in [-0.25, -0.2) is 0 Å². The van der Waals surface area contributed by atoms with E-state index in [1.165, 1.54) is 0 Å². The van der Waals surface area contributed by atoms with E-state index in [2.05, 4.69) is 14.9 Å². The Morgan fingerprint density at radius 2 is 2.12 bits per heavy atom. The lowest BCUT2D eigenvalue weighted by Crippen LogP contribution is -2.02. The second-order valence-electron chi connectivity index (χ2n) is 0.939. The third-order valence-electron chi connectivity index (χ3n) is 0.315. The van der Waals surface area contributed by atoms with E-state index in [-0.39, 0.29) is 13.2 Å². The van der Waals surface area contributed by atoms with Crippen LogP contribution in [0.15, 0.2) is 0 Å². The molecule has 0 heterocycles. The zero-order chi connectivity index (χ0) is 6.62. The Labute approximate surface area is 51.7 Å². The molecule has 0 unspecified atom stereocenters. The van der Waals surface area contributed by atoms with E-state index in [1.807, 2.05) is 0 Å². The molecule has 0 saturated heterocycles. The molecule has 0 aromatic heterocycles. The van der Waals surface area contributed by atoms with Crippen molar-refractivity contribution in [3.8, 4) is 0 Å². The molecule has 0 bridgehead atoms. The first-order chi connectivity index (χ1) is 3.56. The number of hydrogen-bond acceptors (Lipinski definition) is 4. The lowest BCUT2D eigenvalue weighted by Gasteiger charge is -1.91. The summed E-state index contributed by atoms with van der Waals surface area (Å²) >= 11 is 0. The molecule has 1 N–H and O–H groups in total. The minimum atomic E-state index is -3.87. The summed E-state index contributed by atoms with van der Waals surface area (Å²) in [5.41, 5.74) is 0. The molecule has 0 aliphatic rings. The van der Waals surface area contributed by atoms with Gasteiger partial charge in [-0.05, 0) is 0 Å². The molecule has 0 saturated carbocycles. The Balaban J connectivity index is 3.42. The van der Waals surface area contributed by atoms with Crippen LogP contribution in [0.5, 0.6) is 0 Å². The minimum absolute atomic E-state index is 0.286. The van der Waals surface area contributed by atoms with Crippen LogP contribution in [0.1, 0.15) is 0 Å². The smallest absolute Gasteiger partial charge is 0.355 e. The normalized spacial score (nSPS) is 11.8. The zero-order valence-corrected chi connectivity index (χ0v) is 5.44. The van der Waals surface area contributed by atoms with Crippen molar-refractivity contribution >= 4 is 20.0 Å². The molecule has 0 rings (SSSR count). The summed E-state index contributed by atoms with van der Waals surface area (Å²) in [5, 5.41) is 7.98. The van der Waals surface area contributed by atoms with E-state index in [1.54, 1.807) is 0 Å². The van der Waals surface area contributed by atoms with Gasteiger partial charge in [-0.3, -0.25) is 4.18 Å². The number of hydrogen-bond donors (Lipinski definition) is 1. The van der Waals surface area contributed by atoms with Crippen LogP contribution in [0.25, 0.3) is 0 Å². The number of rotatable bonds is 3. The molecular weight excluding hydrogens is 156 g/mol. The summed E-state index contributed by atoms with van der Waals surface area (Å²) in [6.07, 6.45) is 0. The maximum Gasteiger partial charge on any atom is 0.355 e. The van der Waals surface area contributed by atoms with Gasteiger partial charge in [0.25, 0.3) is 0 Å². The molecule has 0 amide bonds. The average Bonchev–Trinajstić information content (AvgIpc) is 1.59. The Bertz CT molecular complexity index is 138. The van der Waals surface area contributed by atoms with Crippen molar-refractivity contribution in [3.63, 3.8) is 0 Å². The fourth-order valence-corrected chi connectivity index (χ4v) is 0.599. The molecule has 0 spiro atoms. The summed E-state index contributed by atoms with van der Waals surface area (Å²) in [5.74, 6) is 0. The van der Waals surface area contributed by atoms with Crippen LogP contribution in [-0.4, -0.2) is 26.7 Å². The van der Waals surface area contributed by atoms with Crippen LogP contribution in [0.2, 0.25) is 0 Å². The topological polar surface area (TPSA) is 63.6 Å². The largest absolute Gasteiger partial charge is 0.394 e. The van der Waals surface area contributed by atoms with Gasteiger partial charge in [0, 0.05) is 10.7 Å². The van der Waals surface area contributed by atoms with E-state index >= 15 is 0 Å². The highest BCUT2D eigenvalue weighted by Gasteiger charge is 2.01. The third kappa shape index (κ3) is 6.16. The van der Waals surface area contributed by atoms with E-state index in [9.17, 15) is 8.42 Å². The van der Waals surface area contributed by atoms with Gasteiger partial charge in [-0.15, -0.1) is 0 Å². The number of halogens is 1. The lowest BCUT2D eigenvalue weighted by molar-refractivity contribution is 0.208. The van der Waals surface area contributed by atoms with E-state index < -0.39 is 9.33 Å². The number of aliphatic hydroxyl groups is 1. The minimum Gasteiger partial charge on any atom is -0.394 e. The van der Waals surface area contributed by atoms with Crippen LogP contribution in [-0.2, 0) is 13.5 Å². The summed E-state index contributed by atoms with van der Waals surface area (Å²) in [4.78, 5) is 0. The molecular formula is C2H5ClO4S. The molecule has 6 heteroatoms. The Morgan fingerprint density at radius 1 is 1.62 bits per heavy atom. The van der Waals surface area contributed by atoms with Crippen LogP contribution in [0.4, 0.5) is 0 Å². The predicted octanol–water partition coefficient (Wildman–Crippen LogP) is -0.521. The monoisotopic (exact) mass is 160 g/mol. The quantitative estimate of drug-likeness (QED) is 0.565. The summed E-state index contributed by atoms with van der Waals surface area (Å²) < 4.78 is 23.5. The van der Waals surface area contributed by atoms with Gasteiger partial charge in [0.2, 0.25) is 0 Å². The maximum atomic E-state index is 9.82. The average molecular weight is 161 g/mol. The molecule has 8 heavy (non-hydrogen) atoms. The van der Waals surface area contributed by atoms with Crippen molar-refractivity contribution < 1.29 is 17.7 Å². The fraction of sp³-hybridized carbons (Fsp3) is 1.00. The van der Waals surface area contributed by atoms with Crippen LogP contribution >= 0.6 is 10.7 Å². The van der Waals surface area contributed by atoms with Gasteiger partial charge in [-0.2, -0.15) is 8.42 Å². The molecule has 50 valence electrons. The third-order valence-corrected chi connectivity index (χ3v) is 1.03. The fourth-order valence-electron chi connectivity index (χ4n) is 0.137. The summed E-state index contributed by atoms with van der Waals surface area (Å²) in [7, 11) is 0.677. The molecule has 0 radical (unpaired) electrons. The zero-order valence-electron chi connectivity index (χ0n) is 3.87. The Kier molecular flexibility index (Phi) is 3.30. The molecule has 0 atom stereocenters. The second kappa shape index (κ2) is 3.24. The highest BCUT2D eigenvalue weighted by atomic mass is 35.7. The van der Waals surface area contributed by atoms with Crippen LogP contribution in [0, 0.1) is 0 Å². The molecule has 0 aromatic rings. The van der Waals surface area contributed by atoms with Crippen molar-refractivity contribution in [1.82, 2.24) is 0 Å². The lowest BCUT2D eigenvalue weighted by atomic mass is 10.8. The molecule has 4 nitrogen and oxygen atoms in total. The second-order valence-corrected chi connectivity index (χ2v) is 3.09. The van der Waals surface area contributed by atoms with E-state index in [0.717, 1.165) is 0 Å². The SMILES string of the molecule is O=S(=O)(Cl)OCCO. The first-order valence-electron chi connectivity index (χ1n) is 1.76. The molecule has 0 aliphatic carbocycles. The summed E-state index contributed by atoms with van der Waals surface area (Å²) in [6.45, 7) is -0.641. The van der Waals surface area contributed by atoms with Gasteiger partial charge in [0.05, 0.1) is 13.2 Å². The van der Waals surface area contributed by atoms with Crippen molar-refractivity contribution in [2.45, 2.75) is 0 Å². The van der Waals surface area contributed by atoms with Gasteiger partial charge in [0.15, 0.2) is 0 Å². The number of aliphatic hydroxyl groups excluding tert-OH is 1. The van der Waals surface area contributed by atoms with Gasteiger partial charge < -0.3 is 5.11 Å². The van der Waals surface area contributed by atoms with Gasteiger partial charge in [0.1, 0.15) is 0 Å². The first-order valence-corrected chi connectivity index (χ1v) is 3.99. The van der Waals surface area contributed by atoms with Crippen molar-refractivity contribution in [1.29, 1.82) is 0 Å². The van der Waals surface area contributed by atoms with Crippen molar-refractivity contribution in [2.75, 3.05) is 13.2 Å². The first kappa shape index (κ1) is 8.16. The Hall–Kier alpha value is 0.160. The summed E-state index contributed by atoms with van der Waals surface area (Å²) in [6, 6.07) is 0. The standard InChI is InChI=1S/C2H5ClO4S/c3-8(5,6)7-2-1-4/h4H,1-2H2. The maximum absolute atomic E-state index is 9.82. The van der Waals surface area contributed by atoms with Crippen LogP contribution < -0.4 is 0 Å². The predicted molar refractivity (Wildman–Crippen MR) is 27.8 cm³/mol. The van der Waals surface area contributed by atoms with Gasteiger partial charge >= 0.3 is 9.33 Å². The highest BCUT2D eigenvalue weighted by Crippen LogP contribution is 1.95. The molecule has 0 fully saturated rings. The van der Waals surface area contributed by atoms with E-state index in [0.29, 0.717) is 0 Å². The van der Waals surface area contributed by atoms with Crippen molar-refractivity contribution in [2.24, 2.45) is 0 Å². The highest BCUT2D eigenvalue weighted by molar-refractivity contribution is 8.09. The van der Waals surface area contributed by atoms with Crippen LogP contribution in [0.3, 0.4) is 0 Å². The van der Waals surface area contributed by atoms with E-state index in [4.69, 9.17) is 5.11 Å². The molecule has 0 aromatic carbocycles. The Morgan fingerprint density at radius 3 is 2.25 bits per heavy atom. The van der Waals surface area contributed by atoms with Gasteiger partial charge in [-0.1, -0.05) is 0 Å².